The Labute approximate surface area is 208 Å². The van der Waals surface area contributed by atoms with Crippen LogP contribution in [0.3, 0.4) is 0 Å². The third-order valence-corrected chi connectivity index (χ3v) is 8.38. The molecule has 4 aliphatic rings. The van der Waals surface area contributed by atoms with Crippen LogP contribution in [-0.4, -0.2) is 11.8 Å². The van der Waals surface area contributed by atoms with Crippen molar-refractivity contribution in [3.63, 3.8) is 0 Å². The van der Waals surface area contributed by atoms with Crippen LogP contribution >= 0.6 is 0 Å². The molecule has 0 aromatic heterocycles. The van der Waals surface area contributed by atoms with Gasteiger partial charge in [-0.1, -0.05) is 96.1 Å². The number of rotatable bonds is 1. The molecule has 0 saturated carbocycles. The van der Waals surface area contributed by atoms with Crippen LogP contribution in [0.4, 0.5) is 5.69 Å². The molecule has 35 heavy (non-hydrogen) atoms. The fourth-order valence-corrected chi connectivity index (χ4v) is 6.54. The Morgan fingerprint density at radius 3 is 1.40 bits per heavy atom. The van der Waals surface area contributed by atoms with Gasteiger partial charge in [-0.25, -0.2) is 4.90 Å². The first-order valence-corrected chi connectivity index (χ1v) is 12.7. The van der Waals surface area contributed by atoms with Gasteiger partial charge in [-0.05, 0) is 56.3 Å². The number of para-hydroxylation sites is 1. The van der Waals surface area contributed by atoms with Crippen molar-refractivity contribution in [2.75, 3.05) is 4.90 Å². The van der Waals surface area contributed by atoms with Crippen molar-refractivity contribution in [2.24, 2.45) is 11.8 Å². The van der Waals surface area contributed by atoms with Crippen molar-refractivity contribution < 1.29 is 9.59 Å². The normalized spacial score (nSPS) is 24.9. The molecule has 1 fully saturated rings. The first-order chi connectivity index (χ1) is 16.5. The lowest BCUT2D eigenvalue weighted by Gasteiger charge is -2.47. The highest BCUT2D eigenvalue weighted by Gasteiger charge is 2.62. The molecule has 178 valence electrons. The summed E-state index contributed by atoms with van der Waals surface area (Å²) in [4.78, 5) is 29.4. The number of carbonyl (C=O) groups excluding carboxylic acids is 2. The minimum atomic E-state index is -0.358. The molecule has 0 spiro atoms. The van der Waals surface area contributed by atoms with E-state index < -0.39 is 0 Å². The zero-order valence-corrected chi connectivity index (χ0v) is 21.4. The highest BCUT2D eigenvalue weighted by molar-refractivity contribution is 6.23. The van der Waals surface area contributed by atoms with Crippen molar-refractivity contribution in [1.29, 1.82) is 0 Å². The monoisotopic (exact) mass is 463 g/mol. The molecule has 7 rings (SSSR count). The molecule has 2 bridgehead atoms. The van der Waals surface area contributed by atoms with Crippen molar-refractivity contribution in [3.05, 3.63) is 100 Å². The summed E-state index contributed by atoms with van der Waals surface area (Å²) < 4.78 is 0. The molecule has 3 heteroatoms. The number of benzene rings is 3. The lowest BCUT2D eigenvalue weighted by Crippen LogP contribution is -2.42. The van der Waals surface area contributed by atoms with Crippen molar-refractivity contribution in [1.82, 2.24) is 0 Å². The molecule has 0 N–H and O–H groups in total. The molecule has 1 saturated heterocycles. The van der Waals surface area contributed by atoms with Gasteiger partial charge >= 0.3 is 0 Å². The Balaban J connectivity index is 1.59. The first kappa shape index (κ1) is 22.3. The minimum absolute atomic E-state index is 0.00955. The summed E-state index contributed by atoms with van der Waals surface area (Å²) in [5.41, 5.74) is 8.14. The smallest absolute Gasteiger partial charge is 0.238 e. The second-order valence-corrected chi connectivity index (χ2v) is 12.5. The van der Waals surface area contributed by atoms with Crippen molar-refractivity contribution in [2.45, 2.75) is 64.2 Å². The van der Waals surface area contributed by atoms with Crippen LogP contribution in [0.1, 0.15) is 86.8 Å². The summed E-state index contributed by atoms with van der Waals surface area (Å²) >= 11 is 0. The van der Waals surface area contributed by atoms with Gasteiger partial charge in [0.15, 0.2) is 0 Å². The number of imide groups is 1. The van der Waals surface area contributed by atoms with Crippen LogP contribution in [-0.2, 0) is 20.4 Å². The van der Waals surface area contributed by atoms with E-state index >= 15 is 0 Å². The van der Waals surface area contributed by atoms with Crippen LogP contribution < -0.4 is 4.90 Å². The van der Waals surface area contributed by atoms with E-state index in [0.29, 0.717) is 5.69 Å². The molecule has 0 radical (unpaired) electrons. The molecule has 3 aliphatic carbocycles. The molecular formula is C32H33NO2. The third kappa shape index (κ3) is 3.10. The molecular weight excluding hydrogens is 430 g/mol. The average molecular weight is 464 g/mol. The quantitative estimate of drug-likeness (QED) is 0.378. The van der Waals surface area contributed by atoms with E-state index in [9.17, 15) is 9.59 Å². The van der Waals surface area contributed by atoms with Gasteiger partial charge < -0.3 is 0 Å². The van der Waals surface area contributed by atoms with E-state index in [0.717, 1.165) is 0 Å². The Hall–Kier alpha value is -3.20. The van der Waals surface area contributed by atoms with Gasteiger partial charge in [0, 0.05) is 11.8 Å². The second-order valence-electron chi connectivity index (χ2n) is 12.5. The predicted molar refractivity (Wildman–Crippen MR) is 140 cm³/mol. The van der Waals surface area contributed by atoms with Gasteiger partial charge in [-0.15, -0.1) is 0 Å². The van der Waals surface area contributed by atoms with Gasteiger partial charge in [0.2, 0.25) is 11.8 Å². The standard InChI is InChI=1S/C32H33NO2/c1-31(2,3)18-12-14-21-23(16-18)25-22-15-13-19(32(4,5)6)17-24(22)26(21)28-27(25)29(34)33(30(28)35)20-10-8-7-9-11-20/h7-17,25-28H,1-6H3/t25-,26-,27+,28+/m0/s1. The highest BCUT2D eigenvalue weighted by Crippen LogP contribution is 2.62. The van der Waals surface area contributed by atoms with Crippen molar-refractivity contribution in [3.8, 4) is 0 Å². The van der Waals surface area contributed by atoms with E-state index in [-0.39, 0.29) is 46.3 Å². The van der Waals surface area contributed by atoms with Crippen molar-refractivity contribution >= 4 is 17.5 Å². The topological polar surface area (TPSA) is 37.4 Å². The summed E-state index contributed by atoms with van der Waals surface area (Å²) in [6, 6.07) is 23.0. The van der Waals surface area contributed by atoms with Crippen LogP contribution in [0, 0.1) is 11.8 Å². The lowest BCUT2D eigenvalue weighted by molar-refractivity contribution is -0.122. The maximum absolute atomic E-state index is 14.0. The summed E-state index contributed by atoms with van der Waals surface area (Å²) in [5, 5.41) is 0. The Kier molecular flexibility index (Phi) is 4.56. The van der Waals surface area contributed by atoms with Gasteiger partial charge in [0.05, 0.1) is 17.5 Å². The summed E-state index contributed by atoms with van der Waals surface area (Å²) in [7, 11) is 0. The summed E-state index contributed by atoms with van der Waals surface area (Å²) in [6.07, 6.45) is 0. The Morgan fingerprint density at radius 2 is 1.00 bits per heavy atom. The van der Waals surface area contributed by atoms with E-state index in [1.54, 1.807) is 0 Å². The second kappa shape index (κ2) is 7.16. The van der Waals surface area contributed by atoms with E-state index in [1.165, 1.54) is 38.3 Å². The summed E-state index contributed by atoms with van der Waals surface area (Å²) in [6.45, 7) is 13.4. The van der Waals surface area contributed by atoms with Crippen LogP contribution in [0.2, 0.25) is 0 Å². The highest BCUT2D eigenvalue weighted by atomic mass is 16.2. The zero-order chi connectivity index (χ0) is 24.9. The van der Waals surface area contributed by atoms with Gasteiger partial charge in [0.25, 0.3) is 0 Å². The molecule has 3 aromatic rings. The molecule has 3 aromatic carbocycles. The van der Waals surface area contributed by atoms with Gasteiger partial charge in [-0.2, -0.15) is 0 Å². The first-order valence-electron chi connectivity index (χ1n) is 12.7. The Morgan fingerprint density at radius 1 is 0.571 bits per heavy atom. The van der Waals surface area contributed by atoms with Crippen LogP contribution in [0.25, 0.3) is 0 Å². The lowest BCUT2D eigenvalue weighted by atomic mass is 9.54. The largest absolute Gasteiger partial charge is 0.274 e. The molecule has 3 nitrogen and oxygen atoms in total. The zero-order valence-electron chi connectivity index (χ0n) is 21.4. The van der Waals surface area contributed by atoms with Gasteiger partial charge in [-0.3, -0.25) is 9.59 Å². The van der Waals surface area contributed by atoms with E-state index in [4.69, 9.17) is 0 Å². The SMILES string of the molecule is CC(C)(C)c1ccc2c(c1)[C@@H]1c3ccc(C(C)(C)C)cc3[C@H]2[C@H]2C(=O)N(c3ccccc3)C(=O)[C@H]12. The number of carbonyl (C=O) groups is 2. The number of anilines is 1. The Bertz CT molecular complexity index is 1290. The van der Waals surface area contributed by atoms with Crippen LogP contribution in [0.15, 0.2) is 66.7 Å². The number of hydrogen-bond acceptors (Lipinski definition) is 2. The van der Waals surface area contributed by atoms with Crippen LogP contribution in [0.5, 0.6) is 0 Å². The molecule has 1 aliphatic heterocycles. The third-order valence-electron chi connectivity index (χ3n) is 8.38. The maximum atomic E-state index is 14.0. The maximum Gasteiger partial charge on any atom is 0.238 e. The predicted octanol–water partition coefficient (Wildman–Crippen LogP) is 6.68. The number of nitrogens with zero attached hydrogens (tertiary/aromatic N) is 1. The number of hydrogen-bond donors (Lipinski definition) is 0. The minimum Gasteiger partial charge on any atom is -0.274 e. The average Bonchev–Trinajstić information content (AvgIpc) is 3.08. The van der Waals surface area contributed by atoms with E-state index in [1.807, 2.05) is 30.3 Å². The van der Waals surface area contributed by atoms with E-state index in [2.05, 4.69) is 77.9 Å². The molecule has 2 amide bonds. The molecule has 1 heterocycles. The fourth-order valence-electron chi connectivity index (χ4n) is 6.54. The molecule has 4 atom stereocenters. The number of amides is 2. The fraction of sp³-hybridized carbons (Fsp3) is 0.375. The van der Waals surface area contributed by atoms with Gasteiger partial charge in [0.1, 0.15) is 0 Å². The summed E-state index contributed by atoms with van der Waals surface area (Å²) in [5.74, 6) is -1.03. The molecule has 0 unspecified atom stereocenters.